The fourth-order valence-electron chi connectivity index (χ4n) is 2.24. The molecule has 0 atom stereocenters. The predicted octanol–water partition coefficient (Wildman–Crippen LogP) is 3.30. The number of rotatable bonds is 9. The Kier molecular flexibility index (Phi) is 10.8. The van der Waals surface area contributed by atoms with E-state index in [1.165, 1.54) is 5.56 Å². The van der Waals surface area contributed by atoms with Crippen LogP contribution in [0.5, 0.6) is 5.75 Å². The van der Waals surface area contributed by atoms with Crippen LogP contribution in [0.25, 0.3) is 0 Å². The third-order valence-corrected chi connectivity index (χ3v) is 3.77. The number of benzene rings is 1. The third-order valence-electron chi connectivity index (χ3n) is 3.77. The first-order valence-electron chi connectivity index (χ1n) is 9.05. The first kappa shape index (κ1) is 23.2. The standard InChI is InChI=1S/C19H29N5O2.HI/c1-14(2)18-23-17(26-24-18)6-5-11-21-19(20-4)22-12-13-25-16-9-7-15(3)8-10-16;/h7-10,14H,5-6,11-13H2,1-4H3,(H2,20,21,22);1H. The molecule has 0 aliphatic carbocycles. The Bertz CT molecular complexity index is 686. The summed E-state index contributed by atoms with van der Waals surface area (Å²) >= 11 is 0. The van der Waals surface area contributed by atoms with Crippen LogP contribution in [0.1, 0.15) is 43.5 Å². The van der Waals surface area contributed by atoms with Crippen LogP contribution in [0.15, 0.2) is 33.8 Å². The highest BCUT2D eigenvalue weighted by molar-refractivity contribution is 14.0. The molecule has 0 bridgehead atoms. The van der Waals surface area contributed by atoms with Gasteiger partial charge in [0, 0.05) is 25.9 Å². The Labute approximate surface area is 178 Å². The number of aromatic nitrogens is 2. The fraction of sp³-hybridized carbons (Fsp3) is 0.526. The van der Waals surface area contributed by atoms with Crippen molar-refractivity contribution in [1.29, 1.82) is 0 Å². The van der Waals surface area contributed by atoms with Crippen molar-refractivity contribution in [2.24, 2.45) is 4.99 Å². The Morgan fingerprint density at radius 2 is 1.89 bits per heavy atom. The highest BCUT2D eigenvalue weighted by atomic mass is 127. The number of hydrogen-bond acceptors (Lipinski definition) is 5. The van der Waals surface area contributed by atoms with Gasteiger partial charge in [-0.2, -0.15) is 4.98 Å². The van der Waals surface area contributed by atoms with Crippen molar-refractivity contribution in [3.05, 3.63) is 41.5 Å². The van der Waals surface area contributed by atoms with Gasteiger partial charge in [0.05, 0.1) is 6.54 Å². The van der Waals surface area contributed by atoms with Gasteiger partial charge in [-0.15, -0.1) is 24.0 Å². The molecule has 1 heterocycles. The van der Waals surface area contributed by atoms with Crippen LogP contribution in [0.4, 0.5) is 0 Å². The lowest BCUT2D eigenvalue weighted by molar-refractivity contribution is 0.322. The molecule has 0 unspecified atom stereocenters. The number of guanidine groups is 1. The first-order valence-corrected chi connectivity index (χ1v) is 9.05. The maximum absolute atomic E-state index is 5.69. The van der Waals surface area contributed by atoms with Crippen LogP contribution in [-0.4, -0.2) is 42.8 Å². The summed E-state index contributed by atoms with van der Waals surface area (Å²) in [4.78, 5) is 8.58. The molecule has 2 N–H and O–H groups in total. The molecule has 0 amide bonds. The van der Waals surface area contributed by atoms with E-state index in [1.54, 1.807) is 7.05 Å². The second-order valence-corrected chi connectivity index (χ2v) is 6.39. The normalized spacial score (nSPS) is 11.2. The van der Waals surface area contributed by atoms with Gasteiger partial charge in [-0.25, -0.2) is 0 Å². The Morgan fingerprint density at radius 3 is 2.52 bits per heavy atom. The van der Waals surface area contributed by atoms with Gasteiger partial charge in [0.15, 0.2) is 11.8 Å². The molecule has 0 saturated heterocycles. The average molecular weight is 487 g/mol. The maximum atomic E-state index is 5.69. The van der Waals surface area contributed by atoms with Crippen LogP contribution < -0.4 is 15.4 Å². The smallest absolute Gasteiger partial charge is 0.226 e. The van der Waals surface area contributed by atoms with Crippen molar-refractivity contribution in [3.63, 3.8) is 0 Å². The molecule has 0 radical (unpaired) electrons. The summed E-state index contributed by atoms with van der Waals surface area (Å²) in [5, 5.41) is 10.5. The lowest BCUT2D eigenvalue weighted by Crippen LogP contribution is -2.39. The summed E-state index contributed by atoms with van der Waals surface area (Å²) in [5.74, 6) is 3.37. The zero-order chi connectivity index (χ0) is 18.8. The quantitative estimate of drug-likeness (QED) is 0.245. The number of nitrogens with zero attached hydrogens (tertiary/aromatic N) is 3. The summed E-state index contributed by atoms with van der Waals surface area (Å²) in [6.07, 6.45) is 1.64. The van der Waals surface area contributed by atoms with Gasteiger partial charge in [-0.1, -0.05) is 36.7 Å². The van der Waals surface area contributed by atoms with Crippen molar-refractivity contribution < 1.29 is 9.26 Å². The number of ether oxygens (including phenoxy) is 1. The molecule has 2 aromatic rings. The van der Waals surface area contributed by atoms with E-state index in [2.05, 4.69) is 32.7 Å². The van der Waals surface area contributed by atoms with E-state index in [0.717, 1.165) is 36.9 Å². The number of aryl methyl sites for hydroxylation is 2. The average Bonchev–Trinajstić information content (AvgIpc) is 3.11. The van der Waals surface area contributed by atoms with Gasteiger partial charge in [0.2, 0.25) is 5.89 Å². The molecule has 1 aromatic carbocycles. The van der Waals surface area contributed by atoms with Crippen LogP contribution in [-0.2, 0) is 6.42 Å². The van der Waals surface area contributed by atoms with Crippen molar-refractivity contribution in [2.45, 2.75) is 39.5 Å². The van der Waals surface area contributed by atoms with Gasteiger partial charge in [-0.3, -0.25) is 4.99 Å². The lowest BCUT2D eigenvalue weighted by atomic mass is 10.2. The topological polar surface area (TPSA) is 84.6 Å². The Balaban J connectivity index is 0.00000364. The molecule has 0 spiro atoms. The molecule has 150 valence electrons. The third kappa shape index (κ3) is 8.59. The van der Waals surface area contributed by atoms with Gasteiger partial charge in [0.1, 0.15) is 12.4 Å². The van der Waals surface area contributed by atoms with Crippen molar-refractivity contribution in [2.75, 3.05) is 26.7 Å². The molecule has 7 nitrogen and oxygen atoms in total. The zero-order valence-electron chi connectivity index (χ0n) is 16.5. The first-order chi connectivity index (χ1) is 12.6. The zero-order valence-corrected chi connectivity index (χ0v) is 18.8. The van der Waals surface area contributed by atoms with Gasteiger partial charge < -0.3 is 19.9 Å². The van der Waals surface area contributed by atoms with Crippen molar-refractivity contribution in [1.82, 2.24) is 20.8 Å². The Hall–Kier alpha value is -1.84. The maximum Gasteiger partial charge on any atom is 0.226 e. The van der Waals surface area contributed by atoms with Crippen LogP contribution in [0.3, 0.4) is 0 Å². The number of aliphatic imine (C=N–C) groups is 1. The molecular weight excluding hydrogens is 457 g/mol. The van der Waals surface area contributed by atoms with E-state index in [0.29, 0.717) is 19.0 Å². The molecule has 0 aliphatic heterocycles. The van der Waals surface area contributed by atoms with Crippen molar-refractivity contribution >= 4 is 29.9 Å². The lowest BCUT2D eigenvalue weighted by Gasteiger charge is -2.12. The van der Waals surface area contributed by atoms with Crippen molar-refractivity contribution in [3.8, 4) is 5.75 Å². The van der Waals surface area contributed by atoms with E-state index in [-0.39, 0.29) is 29.9 Å². The van der Waals surface area contributed by atoms with Gasteiger partial charge >= 0.3 is 0 Å². The monoisotopic (exact) mass is 487 g/mol. The summed E-state index contributed by atoms with van der Waals surface area (Å²) in [7, 11) is 1.75. The van der Waals surface area contributed by atoms with Crippen LogP contribution in [0, 0.1) is 6.92 Å². The van der Waals surface area contributed by atoms with E-state index in [4.69, 9.17) is 9.26 Å². The Morgan fingerprint density at radius 1 is 1.19 bits per heavy atom. The minimum atomic E-state index is 0. The summed E-state index contributed by atoms with van der Waals surface area (Å²) < 4.78 is 10.9. The SMILES string of the molecule is CN=C(NCCCc1nc(C(C)C)no1)NCCOc1ccc(C)cc1.I. The highest BCUT2D eigenvalue weighted by Gasteiger charge is 2.09. The fourth-order valence-corrected chi connectivity index (χ4v) is 2.24. The molecule has 1 aromatic heterocycles. The molecule has 27 heavy (non-hydrogen) atoms. The molecule has 8 heteroatoms. The molecule has 0 aliphatic rings. The minimum absolute atomic E-state index is 0. The second kappa shape index (κ2) is 12.5. The van der Waals surface area contributed by atoms with E-state index < -0.39 is 0 Å². The van der Waals surface area contributed by atoms with Crippen LogP contribution in [0.2, 0.25) is 0 Å². The van der Waals surface area contributed by atoms with E-state index >= 15 is 0 Å². The number of nitrogens with one attached hydrogen (secondary N) is 2. The molecular formula is C19H30IN5O2. The summed E-state index contributed by atoms with van der Waals surface area (Å²) in [6, 6.07) is 8.03. The molecule has 0 saturated carbocycles. The summed E-state index contributed by atoms with van der Waals surface area (Å²) in [6.45, 7) is 8.18. The van der Waals surface area contributed by atoms with E-state index in [1.807, 2.05) is 38.1 Å². The minimum Gasteiger partial charge on any atom is -0.492 e. The number of hydrogen-bond donors (Lipinski definition) is 2. The summed E-state index contributed by atoms with van der Waals surface area (Å²) in [5.41, 5.74) is 1.22. The number of halogens is 1. The largest absolute Gasteiger partial charge is 0.492 e. The van der Waals surface area contributed by atoms with Crippen LogP contribution >= 0.6 is 24.0 Å². The van der Waals surface area contributed by atoms with Gasteiger partial charge in [-0.05, 0) is 25.5 Å². The van der Waals surface area contributed by atoms with Gasteiger partial charge in [0.25, 0.3) is 0 Å². The van der Waals surface area contributed by atoms with E-state index in [9.17, 15) is 0 Å². The molecule has 0 fully saturated rings. The molecule has 2 rings (SSSR count). The second-order valence-electron chi connectivity index (χ2n) is 6.39. The highest BCUT2D eigenvalue weighted by Crippen LogP contribution is 2.11. The predicted molar refractivity (Wildman–Crippen MR) is 118 cm³/mol.